The molecule has 1 aliphatic heterocycles. The first-order chi connectivity index (χ1) is 9.24. The first-order valence-corrected chi connectivity index (χ1v) is 6.09. The summed E-state index contributed by atoms with van der Waals surface area (Å²) in [5, 5.41) is 13.9. The van der Waals surface area contributed by atoms with E-state index in [-0.39, 0.29) is 11.2 Å². The molecule has 1 N–H and O–H groups in total. The van der Waals surface area contributed by atoms with Crippen LogP contribution in [-0.2, 0) is 4.74 Å². The van der Waals surface area contributed by atoms with Crippen molar-refractivity contribution in [2.45, 2.75) is 6.42 Å². The molecule has 0 saturated carbocycles. The molecular formula is C12H13N3O4. The molecule has 0 amide bonds. The highest BCUT2D eigenvalue weighted by atomic mass is 16.6. The Bertz CT molecular complexity index is 604. The monoisotopic (exact) mass is 263 g/mol. The lowest BCUT2D eigenvalue weighted by Gasteiger charge is -2.06. The van der Waals surface area contributed by atoms with Gasteiger partial charge in [0.25, 0.3) is 11.7 Å². The van der Waals surface area contributed by atoms with Crippen molar-refractivity contribution in [1.29, 1.82) is 0 Å². The van der Waals surface area contributed by atoms with Gasteiger partial charge in [-0.15, -0.1) is 0 Å². The number of hydrogen-bond acceptors (Lipinski definition) is 6. The summed E-state index contributed by atoms with van der Waals surface area (Å²) < 4.78 is 10.7. The largest absolute Gasteiger partial charge is 0.423 e. The van der Waals surface area contributed by atoms with E-state index in [2.05, 4.69) is 10.3 Å². The van der Waals surface area contributed by atoms with Gasteiger partial charge in [0.15, 0.2) is 11.1 Å². The molecule has 7 heteroatoms. The van der Waals surface area contributed by atoms with E-state index in [1.54, 1.807) is 12.1 Å². The van der Waals surface area contributed by atoms with Crippen LogP contribution in [0.5, 0.6) is 0 Å². The predicted molar refractivity (Wildman–Crippen MR) is 68.1 cm³/mol. The zero-order chi connectivity index (χ0) is 13.2. The maximum Gasteiger partial charge on any atom is 0.298 e. The smallest absolute Gasteiger partial charge is 0.298 e. The molecule has 3 rings (SSSR count). The summed E-state index contributed by atoms with van der Waals surface area (Å²) >= 11 is 0. The summed E-state index contributed by atoms with van der Waals surface area (Å²) in [6.07, 6.45) is 1.01. The van der Waals surface area contributed by atoms with Gasteiger partial charge in [0, 0.05) is 25.1 Å². The maximum absolute atomic E-state index is 10.9. The van der Waals surface area contributed by atoms with E-state index >= 15 is 0 Å². The van der Waals surface area contributed by atoms with E-state index in [4.69, 9.17) is 9.15 Å². The van der Waals surface area contributed by atoms with Crippen LogP contribution in [0.15, 0.2) is 22.6 Å². The molecule has 0 spiro atoms. The number of hydrogen-bond donors (Lipinski definition) is 1. The molecule has 1 aliphatic rings. The minimum absolute atomic E-state index is 0.0431. The standard InChI is InChI=1S/C12H13N3O4/c16-15(17)9-2-1-3-10-11(9)14-12(19-10)13-6-8-4-5-18-7-8/h1-3,8H,4-7H2,(H,13,14). The van der Waals surface area contributed by atoms with Gasteiger partial charge in [-0.05, 0) is 12.5 Å². The van der Waals surface area contributed by atoms with Crippen molar-refractivity contribution in [1.82, 2.24) is 4.98 Å². The Labute approximate surface area is 108 Å². The van der Waals surface area contributed by atoms with E-state index in [0.717, 1.165) is 19.6 Å². The molecule has 0 aliphatic carbocycles. The van der Waals surface area contributed by atoms with Crippen LogP contribution in [-0.4, -0.2) is 29.7 Å². The SMILES string of the molecule is O=[N+]([O-])c1cccc2oc(NCC3CCOC3)nc12. The van der Waals surface area contributed by atoms with Gasteiger partial charge in [-0.3, -0.25) is 10.1 Å². The van der Waals surface area contributed by atoms with Crippen LogP contribution in [0.3, 0.4) is 0 Å². The van der Waals surface area contributed by atoms with E-state index in [9.17, 15) is 10.1 Å². The van der Waals surface area contributed by atoms with Gasteiger partial charge in [0.2, 0.25) is 0 Å². The van der Waals surface area contributed by atoms with Crippen molar-refractivity contribution in [2.24, 2.45) is 5.92 Å². The Hall–Kier alpha value is -2.15. The molecule has 1 fully saturated rings. The average molecular weight is 263 g/mol. The fourth-order valence-corrected chi connectivity index (χ4v) is 2.13. The van der Waals surface area contributed by atoms with Crippen molar-refractivity contribution in [3.63, 3.8) is 0 Å². The zero-order valence-electron chi connectivity index (χ0n) is 10.2. The molecule has 7 nitrogen and oxygen atoms in total. The summed E-state index contributed by atoms with van der Waals surface area (Å²) in [4.78, 5) is 14.6. The van der Waals surface area contributed by atoms with Gasteiger partial charge in [-0.1, -0.05) is 6.07 Å². The quantitative estimate of drug-likeness (QED) is 0.671. The number of anilines is 1. The number of nitro benzene ring substituents is 1. The Morgan fingerprint density at radius 2 is 2.42 bits per heavy atom. The number of non-ortho nitro benzene ring substituents is 1. The lowest BCUT2D eigenvalue weighted by atomic mass is 10.1. The van der Waals surface area contributed by atoms with Crippen molar-refractivity contribution in [3.8, 4) is 0 Å². The Kier molecular flexibility index (Phi) is 3.04. The number of aromatic nitrogens is 1. The second-order valence-corrected chi connectivity index (χ2v) is 4.51. The molecule has 1 atom stereocenters. The number of para-hydroxylation sites is 1. The number of nitrogens with zero attached hydrogens (tertiary/aromatic N) is 2. The van der Waals surface area contributed by atoms with Crippen LogP contribution >= 0.6 is 0 Å². The van der Waals surface area contributed by atoms with Crippen LogP contribution in [0.1, 0.15) is 6.42 Å². The van der Waals surface area contributed by atoms with E-state index < -0.39 is 4.92 Å². The highest BCUT2D eigenvalue weighted by molar-refractivity contribution is 5.83. The molecule has 1 saturated heterocycles. The Morgan fingerprint density at radius 1 is 1.53 bits per heavy atom. The molecule has 1 aromatic carbocycles. The number of fused-ring (bicyclic) bond motifs is 1. The maximum atomic E-state index is 10.9. The summed E-state index contributed by atoms with van der Waals surface area (Å²) in [7, 11) is 0. The third-order valence-electron chi connectivity index (χ3n) is 3.16. The number of benzene rings is 1. The summed E-state index contributed by atoms with van der Waals surface area (Å²) in [5.74, 6) is 0.435. The van der Waals surface area contributed by atoms with Crippen LogP contribution in [0.4, 0.5) is 11.7 Å². The van der Waals surface area contributed by atoms with Gasteiger partial charge in [-0.2, -0.15) is 4.98 Å². The molecule has 1 unspecified atom stereocenters. The first-order valence-electron chi connectivity index (χ1n) is 6.09. The third-order valence-corrected chi connectivity index (χ3v) is 3.16. The highest BCUT2D eigenvalue weighted by Gasteiger charge is 2.19. The lowest BCUT2D eigenvalue weighted by molar-refractivity contribution is -0.383. The van der Waals surface area contributed by atoms with Crippen LogP contribution in [0.2, 0.25) is 0 Å². The number of nitrogens with one attached hydrogen (secondary N) is 1. The number of ether oxygens (including phenoxy) is 1. The fraction of sp³-hybridized carbons (Fsp3) is 0.417. The second kappa shape index (κ2) is 4.85. The molecule has 2 aromatic rings. The summed E-state index contributed by atoms with van der Waals surface area (Å²) in [6, 6.07) is 4.98. The molecule has 0 bridgehead atoms. The van der Waals surface area contributed by atoms with Crippen molar-refractivity contribution in [2.75, 3.05) is 25.1 Å². The summed E-state index contributed by atoms with van der Waals surface area (Å²) in [5.41, 5.74) is 0.649. The van der Waals surface area contributed by atoms with Gasteiger partial charge >= 0.3 is 0 Å². The fourth-order valence-electron chi connectivity index (χ4n) is 2.13. The van der Waals surface area contributed by atoms with E-state index in [1.165, 1.54) is 6.07 Å². The highest BCUT2D eigenvalue weighted by Crippen LogP contribution is 2.27. The van der Waals surface area contributed by atoms with Gasteiger partial charge in [-0.25, -0.2) is 0 Å². The van der Waals surface area contributed by atoms with Crippen molar-refractivity contribution in [3.05, 3.63) is 28.3 Å². The first kappa shape index (κ1) is 11.9. The molecular weight excluding hydrogens is 250 g/mol. The summed E-state index contributed by atoms with van der Waals surface area (Å²) in [6.45, 7) is 2.21. The second-order valence-electron chi connectivity index (χ2n) is 4.51. The topological polar surface area (TPSA) is 90.4 Å². The number of oxazole rings is 1. The van der Waals surface area contributed by atoms with Crippen molar-refractivity contribution >= 4 is 22.8 Å². The van der Waals surface area contributed by atoms with Crippen LogP contribution < -0.4 is 5.32 Å². The predicted octanol–water partition coefficient (Wildman–Crippen LogP) is 2.18. The minimum atomic E-state index is -0.459. The van der Waals surface area contributed by atoms with E-state index in [0.29, 0.717) is 24.1 Å². The molecule has 19 heavy (non-hydrogen) atoms. The molecule has 0 radical (unpaired) electrons. The van der Waals surface area contributed by atoms with E-state index in [1.807, 2.05) is 0 Å². The van der Waals surface area contributed by atoms with Gasteiger partial charge in [0.1, 0.15) is 0 Å². The van der Waals surface area contributed by atoms with Gasteiger partial charge < -0.3 is 14.5 Å². The Morgan fingerprint density at radius 3 is 3.16 bits per heavy atom. The van der Waals surface area contributed by atoms with Crippen molar-refractivity contribution < 1.29 is 14.1 Å². The van der Waals surface area contributed by atoms with Crippen LogP contribution in [0, 0.1) is 16.0 Å². The molecule has 1 aromatic heterocycles. The third kappa shape index (κ3) is 2.37. The van der Waals surface area contributed by atoms with Crippen LogP contribution in [0.25, 0.3) is 11.1 Å². The Balaban J connectivity index is 1.80. The molecule has 2 heterocycles. The van der Waals surface area contributed by atoms with Gasteiger partial charge in [0.05, 0.1) is 11.5 Å². The number of rotatable bonds is 4. The average Bonchev–Trinajstić information content (AvgIpc) is 3.04. The minimum Gasteiger partial charge on any atom is -0.423 e. The zero-order valence-corrected chi connectivity index (χ0v) is 10.2. The normalized spacial score (nSPS) is 18.8. The lowest BCUT2D eigenvalue weighted by Crippen LogP contribution is -2.14. The number of nitro groups is 1. The molecule has 100 valence electrons.